The molecule has 0 aromatic heterocycles. The topological polar surface area (TPSA) is 53.6 Å². The molecule has 1 unspecified atom stereocenters. The van der Waals surface area contributed by atoms with E-state index in [1.807, 2.05) is 24.3 Å². The van der Waals surface area contributed by atoms with E-state index in [-0.39, 0.29) is 5.91 Å². The van der Waals surface area contributed by atoms with Crippen LogP contribution in [-0.4, -0.2) is 56.2 Å². The van der Waals surface area contributed by atoms with Gasteiger partial charge in [-0.25, -0.2) is 0 Å². The Balaban J connectivity index is 1.26. The minimum absolute atomic E-state index is 0.224. The summed E-state index contributed by atoms with van der Waals surface area (Å²) in [7, 11) is 0. The van der Waals surface area contributed by atoms with E-state index < -0.39 is 0 Å². The van der Waals surface area contributed by atoms with E-state index in [1.165, 1.54) is 6.42 Å². The number of nitrogens with zero attached hydrogens (tertiary/aromatic N) is 1. The fourth-order valence-electron chi connectivity index (χ4n) is 3.72. The molecule has 0 bridgehead atoms. The Morgan fingerprint density at radius 1 is 1.23 bits per heavy atom. The number of hydrogen-bond donors (Lipinski definition) is 2. The van der Waals surface area contributed by atoms with Crippen LogP contribution in [0.1, 0.15) is 32.1 Å². The van der Waals surface area contributed by atoms with E-state index in [0.29, 0.717) is 25.0 Å². The summed E-state index contributed by atoms with van der Waals surface area (Å²) in [6.45, 7) is 5.80. The number of amides is 1. The lowest BCUT2D eigenvalue weighted by Crippen LogP contribution is -2.45. The Morgan fingerprint density at radius 2 is 2.00 bits per heavy atom. The highest BCUT2D eigenvalue weighted by atomic mass is 35.5. The Hall–Kier alpha value is -1.30. The number of hydrogen-bond acceptors (Lipinski definition) is 4. The highest BCUT2D eigenvalue weighted by Crippen LogP contribution is 2.17. The van der Waals surface area contributed by atoms with Gasteiger partial charge in [0.1, 0.15) is 12.4 Å². The first-order valence-electron chi connectivity index (χ1n) is 9.80. The summed E-state index contributed by atoms with van der Waals surface area (Å²) in [4.78, 5) is 14.5. The molecule has 2 aliphatic heterocycles. The minimum atomic E-state index is 0.224. The van der Waals surface area contributed by atoms with Gasteiger partial charge in [-0.05, 0) is 69.0 Å². The molecule has 1 atom stereocenters. The maximum absolute atomic E-state index is 12.1. The molecule has 144 valence electrons. The lowest BCUT2D eigenvalue weighted by molar-refractivity contribution is -0.122. The van der Waals surface area contributed by atoms with Crippen LogP contribution in [0.15, 0.2) is 24.3 Å². The van der Waals surface area contributed by atoms with Gasteiger partial charge in [0.15, 0.2) is 0 Å². The summed E-state index contributed by atoms with van der Waals surface area (Å²) in [6, 6.07) is 7.80. The zero-order valence-corrected chi connectivity index (χ0v) is 16.1. The van der Waals surface area contributed by atoms with Crippen molar-refractivity contribution in [2.24, 2.45) is 5.92 Å². The van der Waals surface area contributed by atoms with Crippen LogP contribution in [0.25, 0.3) is 0 Å². The van der Waals surface area contributed by atoms with Crippen molar-refractivity contribution in [1.82, 2.24) is 15.5 Å². The number of likely N-dealkylation sites (tertiary alicyclic amines) is 1. The van der Waals surface area contributed by atoms with Crippen molar-refractivity contribution in [3.63, 3.8) is 0 Å². The Bertz CT molecular complexity index is 553. The second-order valence-electron chi connectivity index (χ2n) is 7.38. The Morgan fingerprint density at radius 3 is 2.69 bits per heavy atom. The normalized spacial score (nSPS) is 21.7. The van der Waals surface area contributed by atoms with Gasteiger partial charge in [-0.2, -0.15) is 0 Å². The van der Waals surface area contributed by atoms with Gasteiger partial charge in [0.25, 0.3) is 0 Å². The molecule has 2 saturated heterocycles. The third-order valence-corrected chi connectivity index (χ3v) is 5.64. The lowest BCUT2D eigenvalue weighted by atomic mass is 10.0. The molecule has 2 fully saturated rings. The van der Waals surface area contributed by atoms with Gasteiger partial charge >= 0.3 is 0 Å². The Kier molecular flexibility index (Phi) is 7.59. The number of piperidine rings is 1. The van der Waals surface area contributed by atoms with Crippen LogP contribution in [0.2, 0.25) is 5.02 Å². The third kappa shape index (κ3) is 6.45. The van der Waals surface area contributed by atoms with Crippen LogP contribution in [-0.2, 0) is 4.79 Å². The average Bonchev–Trinajstić information content (AvgIpc) is 3.17. The first-order chi connectivity index (χ1) is 12.7. The highest BCUT2D eigenvalue weighted by Gasteiger charge is 2.21. The van der Waals surface area contributed by atoms with Gasteiger partial charge in [0.05, 0.1) is 0 Å². The standard InChI is InChI=1S/C20H30ClN3O2/c21-17-2-4-19(5-3-17)26-14-13-24-11-8-18(9-12-24)23-20(25)6-1-16-7-10-22-15-16/h2-5,16,18,22H,1,6-15H2,(H,23,25). The molecule has 0 radical (unpaired) electrons. The fraction of sp³-hybridized carbons (Fsp3) is 0.650. The van der Waals surface area contributed by atoms with E-state index in [0.717, 1.165) is 62.8 Å². The second kappa shape index (κ2) is 10.1. The SMILES string of the molecule is O=C(CCC1CCNC1)NC1CCN(CCOc2ccc(Cl)cc2)CC1. The number of carbonyl (C=O) groups excluding carboxylic acids is 1. The van der Waals surface area contributed by atoms with Gasteiger partial charge in [0, 0.05) is 37.1 Å². The number of nitrogens with one attached hydrogen (secondary N) is 2. The maximum atomic E-state index is 12.1. The highest BCUT2D eigenvalue weighted by molar-refractivity contribution is 6.30. The van der Waals surface area contributed by atoms with Crippen molar-refractivity contribution < 1.29 is 9.53 Å². The van der Waals surface area contributed by atoms with E-state index in [4.69, 9.17) is 16.3 Å². The average molecular weight is 380 g/mol. The largest absolute Gasteiger partial charge is 0.492 e. The molecule has 1 aromatic rings. The zero-order chi connectivity index (χ0) is 18.2. The molecule has 2 aliphatic rings. The second-order valence-corrected chi connectivity index (χ2v) is 7.82. The summed E-state index contributed by atoms with van der Waals surface area (Å²) >= 11 is 5.87. The molecule has 26 heavy (non-hydrogen) atoms. The molecular formula is C20H30ClN3O2. The first-order valence-corrected chi connectivity index (χ1v) is 10.2. The molecule has 0 saturated carbocycles. The van der Waals surface area contributed by atoms with Crippen LogP contribution in [0.4, 0.5) is 0 Å². The van der Waals surface area contributed by atoms with Crippen LogP contribution >= 0.6 is 11.6 Å². The summed E-state index contributed by atoms with van der Waals surface area (Å²) in [5.41, 5.74) is 0. The number of rotatable bonds is 8. The molecule has 3 rings (SSSR count). The molecule has 2 heterocycles. The molecule has 5 nitrogen and oxygen atoms in total. The first kappa shape index (κ1) is 19.5. The summed E-state index contributed by atoms with van der Waals surface area (Å²) < 4.78 is 5.76. The van der Waals surface area contributed by atoms with Gasteiger partial charge in [-0.15, -0.1) is 0 Å². The lowest BCUT2D eigenvalue weighted by Gasteiger charge is -2.32. The van der Waals surface area contributed by atoms with E-state index in [2.05, 4.69) is 15.5 Å². The number of benzene rings is 1. The van der Waals surface area contributed by atoms with Crippen LogP contribution in [0, 0.1) is 5.92 Å². The molecule has 2 N–H and O–H groups in total. The minimum Gasteiger partial charge on any atom is -0.492 e. The van der Waals surface area contributed by atoms with E-state index in [9.17, 15) is 4.79 Å². The Labute approximate surface area is 161 Å². The molecule has 6 heteroatoms. The molecule has 1 amide bonds. The van der Waals surface area contributed by atoms with Crippen molar-refractivity contribution in [1.29, 1.82) is 0 Å². The maximum Gasteiger partial charge on any atom is 0.220 e. The summed E-state index contributed by atoms with van der Waals surface area (Å²) in [6.07, 6.45) is 4.94. The van der Waals surface area contributed by atoms with Crippen LogP contribution in [0.3, 0.4) is 0 Å². The smallest absolute Gasteiger partial charge is 0.220 e. The molecule has 0 spiro atoms. The van der Waals surface area contributed by atoms with Gasteiger partial charge in [-0.3, -0.25) is 9.69 Å². The van der Waals surface area contributed by atoms with Crippen molar-refractivity contribution >= 4 is 17.5 Å². The van der Waals surface area contributed by atoms with Crippen molar-refractivity contribution in [2.45, 2.75) is 38.1 Å². The quantitative estimate of drug-likeness (QED) is 0.729. The predicted molar refractivity (Wildman–Crippen MR) is 105 cm³/mol. The summed E-state index contributed by atoms with van der Waals surface area (Å²) in [5, 5.41) is 7.30. The monoisotopic (exact) mass is 379 g/mol. The van der Waals surface area contributed by atoms with Crippen LogP contribution in [0.5, 0.6) is 5.75 Å². The molecule has 1 aromatic carbocycles. The van der Waals surface area contributed by atoms with Gasteiger partial charge in [-0.1, -0.05) is 11.6 Å². The number of carbonyl (C=O) groups is 1. The molecule has 0 aliphatic carbocycles. The van der Waals surface area contributed by atoms with Crippen molar-refractivity contribution in [3.8, 4) is 5.75 Å². The van der Waals surface area contributed by atoms with Crippen molar-refractivity contribution in [3.05, 3.63) is 29.3 Å². The molecular weight excluding hydrogens is 350 g/mol. The van der Waals surface area contributed by atoms with E-state index in [1.54, 1.807) is 0 Å². The number of ether oxygens (including phenoxy) is 1. The zero-order valence-electron chi connectivity index (χ0n) is 15.4. The fourth-order valence-corrected chi connectivity index (χ4v) is 3.85. The predicted octanol–water partition coefficient (Wildman–Crippen LogP) is 2.69. The van der Waals surface area contributed by atoms with Gasteiger partial charge in [0.2, 0.25) is 5.91 Å². The third-order valence-electron chi connectivity index (χ3n) is 5.38. The van der Waals surface area contributed by atoms with Gasteiger partial charge < -0.3 is 15.4 Å². The van der Waals surface area contributed by atoms with E-state index >= 15 is 0 Å². The van der Waals surface area contributed by atoms with Crippen molar-refractivity contribution in [2.75, 3.05) is 39.3 Å². The number of halogens is 1. The van der Waals surface area contributed by atoms with Crippen LogP contribution < -0.4 is 15.4 Å². The summed E-state index contributed by atoms with van der Waals surface area (Å²) in [5.74, 6) is 1.76.